The van der Waals surface area contributed by atoms with E-state index in [9.17, 15) is 0 Å². The van der Waals surface area contributed by atoms with Gasteiger partial charge in [0.25, 0.3) is 0 Å². The summed E-state index contributed by atoms with van der Waals surface area (Å²) in [6, 6.07) is 0. The third-order valence-corrected chi connectivity index (χ3v) is 13.2. The Balaban J connectivity index is 6.41. The average molecular weight is 308 g/mol. The summed E-state index contributed by atoms with van der Waals surface area (Å²) in [5, 5.41) is 0. The summed E-state index contributed by atoms with van der Waals surface area (Å²) >= 11 is 0. The van der Waals surface area contributed by atoms with Gasteiger partial charge in [-0.3, -0.25) is 0 Å². The summed E-state index contributed by atoms with van der Waals surface area (Å²) in [4.78, 5) is 0. The molecule has 4 atom stereocenters. The second-order valence-electron chi connectivity index (χ2n) is 6.00. The molecule has 0 heterocycles. The number of hydrogen-bond acceptors (Lipinski definition) is 0. The molecule has 0 aliphatic rings. The molecule has 0 radical (unpaired) electrons. The van der Waals surface area contributed by atoms with Gasteiger partial charge in [0.1, 0.15) is 0 Å². The number of rotatable bonds is 12. The van der Waals surface area contributed by atoms with Crippen molar-refractivity contribution in [3.8, 4) is 0 Å². The maximum absolute atomic E-state index is 4.18. The van der Waals surface area contributed by atoms with Gasteiger partial charge in [0.2, 0.25) is 0 Å². The van der Waals surface area contributed by atoms with Gasteiger partial charge in [0.05, 0.1) is 0 Å². The Hall–Kier alpha value is -0.610. The predicted molar refractivity (Wildman–Crippen MR) is 105 cm³/mol. The van der Waals surface area contributed by atoms with Gasteiger partial charge < -0.3 is 0 Å². The van der Waals surface area contributed by atoms with Crippen molar-refractivity contribution in [3.05, 3.63) is 50.6 Å². The minimum atomic E-state index is -1.79. The normalized spacial score (nSPS) is 18.1. The summed E-state index contributed by atoms with van der Waals surface area (Å²) in [6.45, 7) is 25.9. The van der Waals surface area contributed by atoms with Crippen LogP contribution in [0.3, 0.4) is 0 Å². The molecule has 0 aromatic rings. The van der Waals surface area contributed by atoms with Crippen molar-refractivity contribution < 1.29 is 0 Å². The van der Waals surface area contributed by atoms with Crippen LogP contribution in [-0.4, -0.2) is 22.6 Å². The van der Waals surface area contributed by atoms with Gasteiger partial charge in [-0.1, -0.05) is 0 Å². The molecule has 0 nitrogen and oxygen atoms in total. The van der Waals surface area contributed by atoms with E-state index in [0.717, 1.165) is 25.7 Å². The monoisotopic (exact) mass is 308 g/mol. The summed E-state index contributed by atoms with van der Waals surface area (Å²) in [7, 11) is -1.79. The van der Waals surface area contributed by atoms with Crippen LogP contribution < -0.4 is 0 Å². The molecule has 0 aliphatic carbocycles. The Labute approximate surface area is 134 Å². The molecule has 4 unspecified atom stereocenters. The van der Waals surface area contributed by atoms with Crippen LogP contribution in [0, 0.1) is 0 Å². The fraction of sp³-hybridized carbons (Fsp3) is 0.600. The second kappa shape index (κ2) is 10.2. The topological polar surface area (TPSA) is 0 Å². The molecule has 0 bridgehead atoms. The molecule has 0 fully saturated rings. The standard InChI is InChI=1S/C20H37P/c1-9-17(10-2)21(18(11-3)12-4,19(13-5)14-6)20(15-7)16-8/h9,11,13,15,17-21H,1,3,5,7,10,12,14,16H2,2,4,6,8H3. The summed E-state index contributed by atoms with van der Waals surface area (Å²) < 4.78 is 0. The zero-order chi connectivity index (χ0) is 16.5. The Morgan fingerprint density at radius 2 is 0.762 bits per heavy atom. The maximum atomic E-state index is 4.18. The van der Waals surface area contributed by atoms with E-state index in [-0.39, 0.29) is 0 Å². The Morgan fingerprint density at radius 3 is 0.857 bits per heavy atom. The van der Waals surface area contributed by atoms with E-state index in [1.54, 1.807) is 0 Å². The molecule has 0 spiro atoms. The van der Waals surface area contributed by atoms with E-state index in [2.05, 4.69) is 78.3 Å². The molecule has 21 heavy (non-hydrogen) atoms. The van der Waals surface area contributed by atoms with Gasteiger partial charge >= 0.3 is 134 Å². The second-order valence-corrected chi connectivity index (χ2v) is 11.0. The van der Waals surface area contributed by atoms with E-state index in [0.29, 0.717) is 22.6 Å². The molecular formula is C20H37P. The predicted octanol–water partition coefficient (Wildman–Crippen LogP) is 6.59. The number of hydrogen-bond donors (Lipinski definition) is 0. The minimum absolute atomic E-state index is 0.589. The third-order valence-electron chi connectivity index (χ3n) is 5.47. The van der Waals surface area contributed by atoms with Crippen molar-refractivity contribution >= 4 is 7.26 Å². The van der Waals surface area contributed by atoms with Crippen molar-refractivity contribution in [2.24, 2.45) is 0 Å². The zero-order valence-electron chi connectivity index (χ0n) is 14.8. The van der Waals surface area contributed by atoms with E-state index in [1.807, 2.05) is 0 Å². The first-order valence-corrected chi connectivity index (χ1v) is 10.9. The van der Waals surface area contributed by atoms with Gasteiger partial charge in [-0.05, 0) is 0 Å². The Kier molecular flexibility index (Phi) is 9.88. The van der Waals surface area contributed by atoms with E-state index >= 15 is 0 Å². The van der Waals surface area contributed by atoms with E-state index in [1.165, 1.54) is 0 Å². The van der Waals surface area contributed by atoms with Crippen LogP contribution in [-0.2, 0) is 0 Å². The van der Waals surface area contributed by atoms with Gasteiger partial charge in [0, 0.05) is 0 Å². The van der Waals surface area contributed by atoms with Crippen LogP contribution in [0.25, 0.3) is 0 Å². The van der Waals surface area contributed by atoms with Crippen LogP contribution in [0.1, 0.15) is 53.4 Å². The van der Waals surface area contributed by atoms with Crippen molar-refractivity contribution in [1.29, 1.82) is 0 Å². The summed E-state index contributed by atoms with van der Waals surface area (Å²) in [5.41, 5.74) is 2.36. The molecule has 1 heteroatoms. The van der Waals surface area contributed by atoms with Crippen LogP contribution in [0.2, 0.25) is 0 Å². The molecule has 0 saturated heterocycles. The quantitative estimate of drug-likeness (QED) is 0.281. The van der Waals surface area contributed by atoms with Crippen LogP contribution in [0.15, 0.2) is 50.6 Å². The molecule has 0 aliphatic heterocycles. The van der Waals surface area contributed by atoms with Crippen molar-refractivity contribution in [2.45, 2.75) is 76.0 Å². The van der Waals surface area contributed by atoms with Crippen LogP contribution in [0.5, 0.6) is 0 Å². The fourth-order valence-electron chi connectivity index (χ4n) is 4.55. The number of allylic oxidation sites excluding steroid dienone is 4. The average Bonchev–Trinajstić information content (AvgIpc) is 2.51. The Morgan fingerprint density at radius 1 is 0.571 bits per heavy atom. The summed E-state index contributed by atoms with van der Waals surface area (Å²) in [5.74, 6) is 0. The molecule has 0 amide bonds. The molecule has 0 N–H and O–H groups in total. The van der Waals surface area contributed by atoms with Crippen molar-refractivity contribution in [2.75, 3.05) is 0 Å². The SMILES string of the molecule is C=CC(CC)[PH](C(C=C)CC)(C(C=C)CC)C(C=C)CC. The molecule has 0 rings (SSSR count). The molecule has 0 aromatic heterocycles. The molecule has 0 saturated carbocycles. The van der Waals surface area contributed by atoms with Crippen molar-refractivity contribution in [3.63, 3.8) is 0 Å². The first-order chi connectivity index (χ1) is 10.1. The first kappa shape index (κ1) is 20.4. The van der Waals surface area contributed by atoms with E-state index < -0.39 is 7.26 Å². The van der Waals surface area contributed by atoms with Gasteiger partial charge in [-0.25, -0.2) is 0 Å². The molecular weight excluding hydrogens is 271 g/mol. The Bertz CT molecular complexity index is 272. The molecule has 0 aromatic carbocycles. The fourth-order valence-corrected chi connectivity index (χ4v) is 12.3. The zero-order valence-corrected chi connectivity index (χ0v) is 15.8. The first-order valence-electron chi connectivity index (χ1n) is 8.58. The van der Waals surface area contributed by atoms with Crippen molar-refractivity contribution in [1.82, 2.24) is 0 Å². The van der Waals surface area contributed by atoms with Crippen LogP contribution in [0.4, 0.5) is 0 Å². The summed E-state index contributed by atoms with van der Waals surface area (Å²) in [6.07, 6.45) is 13.5. The van der Waals surface area contributed by atoms with Gasteiger partial charge in [0.15, 0.2) is 0 Å². The van der Waals surface area contributed by atoms with Crippen LogP contribution >= 0.6 is 7.26 Å². The molecule has 122 valence electrons. The van der Waals surface area contributed by atoms with Gasteiger partial charge in [-0.2, -0.15) is 0 Å². The van der Waals surface area contributed by atoms with E-state index in [4.69, 9.17) is 0 Å². The van der Waals surface area contributed by atoms with Gasteiger partial charge in [-0.15, -0.1) is 0 Å². The third kappa shape index (κ3) is 3.78.